The van der Waals surface area contributed by atoms with Gasteiger partial charge in [-0.05, 0) is 43.2 Å². The lowest BCUT2D eigenvalue weighted by Crippen LogP contribution is -2.20. The number of aromatic nitrogens is 2. The topological polar surface area (TPSA) is 76.1 Å². The zero-order valence-electron chi connectivity index (χ0n) is 12.8. The molecule has 1 aliphatic rings. The smallest absolute Gasteiger partial charge is 0.276 e. The van der Waals surface area contributed by atoms with E-state index in [0.717, 1.165) is 19.4 Å². The molecule has 1 atom stereocenters. The van der Waals surface area contributed by atoms with E-state index in [4.69, 9.17) is 27.9 Å². The third-order valence-electron chi connectivity index (χ3n) is 3.55. The Morgan fingerprint density at radius 1 is 1.21 bits per heavy atom. The van der Waals surface area contributed by atoms with Gasteiger partial charge in [0.05, 0.1) is 6.10 Å². The number of nitrogens with one attached hydrogen (secondary N) is 2. The molecule has 0 saturated carbocycles. The summed E-state index contributed by atoms with van der Waals surface area (Å²) in [6.45, 7) is 1.49. The first-order valence-electron chi connectivity index (χ1n) is 7.57. The van der Waals surface area contributed by atoms with E-state index < -0.39 is 0 Å². The second kappa shape index (κ2) is 7.79. The van der Waals surface area contributed by atoms with Crippen molar-refractivity contribution in [2.75, 3.05) is 23.8 Å². The van der Waals surface area contributed by atoms with E-state index in [1.165, 1.54) is 0 Å². The second-order valence-corrected chi connectivity index (χ2v) is 6.30. The Labute approximate surface area is 149 Å². The second-order valence-electron chi connectivity index (χ2n) is 5.43. The quantitative estimate of drug-likeness (QED) is 0.844. The Bertz CT molecular complexity index is 698. The van der Waals surface area contributed by atoms with Crippen molar-refractivity contribution in [3.05, 3.63) is 46.1 Å². The molecule has 0 bridgehead atoms. The maximum Gasteiger partial charge on any atom is 0.276 e. The van der Waals surface area contributed by atoms with Gasteiger partial charge in [0.15, 0.2) is 5.69 Å². The molecule has 1 fully saturated rings. The molecule has 6 nitrogen and oxygen atoms in total. The molecule has 1 saturated heterocycles. The number of nitrogens with zero attached hydrogens (tertiary/aromatic N) is 2. The molecule has 2 heterocycles. The number of halogens is 2. The molecule has 0 spiro atoms. The highest BCUT2D eigenvalue weighted by atomic mass is 35.5. The number of anilines is 2. The summed E-state index contributed by atoms with van der Waals surface area (Å²) in [4.78, 5) is 12.2. The van der Waals surface area contributed by atoms with E-state index >= 15 is 0 Å². The van der Waals surface area contributed by atoms with Gasteiger partial charge < -0.3 is 15.4 Å². The summed E-state index contributed by atoms with van der Waals surface area (Å²) in [5, 5.41) is 14.7. The zero-order valence-corrected chi connectivity index (χ0v) is 14.3. The fourth-order valence-corrected chi connectivity index (χ4v) is 2.92. The normalized spacial score (nSPS) is 16.8. The van der Waals surface area contributed by atoms with E-state index in [2.05, 4.69) is 20.8 Å². The molecule has 0 radical (unpaired) electrons. The van der Waals surface area contributed by atoms with Gasteiger partial charge in [-0.1, -0.05) is 23.2 Å². The molecule has 1 aliphatic heterocycles. The summed E-state index contributed by atoms with van der Waals surface area (Å²) in [7, 11) is 0. The van der Waals surface area contributed by atoms with Gasteiger partial charge in [0.2, 0.25) is 0 Å². The van der Waals surface area contributed by atoms with Crippen LogP contribution in [0.15, 0.2) is 30.3 Å². The molecule has 3 rings (SSSR count). The van der Waals surface area contributed by atoms with Crippen molar-refractivity contribution < 1.29 is 9.53 Å². The van der Waals surface area contributed by atoms with E-state index in [1.54, 1.807) is 30.3 Å². The minimum atomic E-state index is -0.383. The van der Waals surface area contributed by atoms with Crippen LogP contribution < -0.4 is 10.6 Å². The van der Waals surface area contributed by atoms with Gasteiger partial charge in [0.25, 0.3) is 5.91 Å². The largest absolute Gasteiger partial charge is 0.376 e. The van der Waals surface area contributed by atoms with Gasteiger partial charge in [-0.3, -0.25) is 4.79 Å². The van der Waals surface area contributed by atoms with Crippen LogP contribution in [0.25, 0.3) is 0 Å². The first kappa shape index (κ1) is 17.0. The summed E-state index contributed by atoms with van der Waals surface area (Å²) < 4.78 is 5.53. The lowest BCUT2D eigenvalue weighted by molar-refractivity contribution is 0.102. The molecular formula is C16H16Cl2N4O2. The highest BCUT2D eigenvalue weighted by molar-refractivity contribution is 6.35. The van der Waals surface area contributed by atoms with Gasteiger partial charge in [-0.25, -0.2) is 0 Å². The van der Waals surface area contributed by atoms with Crippen molar-refractivity contribution in [3.8, 4) is 0 Å². The molecule has 24 heavy (non-hydrogen) atoms. The average molecular weight is 367 g/mol. The van der Waals surface area contributed by atoms with E-state index in [-0.39, 0.29) is 17.7 Å². The summed E-state index contributed by atoms with van der Waals surface area (Å²) in [6.07, 6.45) is 2.34. The van der Waals surface area contributed by atoms with E-state index in [9.17, 15) is 4.79 Å². The summed E-state index contributed by atoms with van der Waals surface area (Å²) >= 11 is 11.8. The molecule has 126 valence electrons. The number of ether oxygens (including phenoxy) is 1. The fraction of sp³-hybridized carbons (Fsp3) is 0.312. The summed E-state index contributed by atoms with van der Waals surface area (Å²) in [6, 6.07) is 8.12. The maximum absolute atomic E-state index is 12.2. The van der Waals surface area contributed by atoms with Crippen molar-refractivity contribution in [2.24, 2.45) is 0 Å². The van der Waals surface area contributed by atoms with Crippen molar-refractivity contribution in [3.63, 3.8) is 0 Å². The van der Waals surface area contributed by atoms with Crippen molar-refractivity contribution in [1.29, 1.82) is 0 Å². The van der Waals surface area contributed by atoms with Crippen LogP contribution in [-0.4, -0.2) is 35.4 Å². The van der Waals surface area contributed by atoms with Crippen molar-refractivity contribution in [1.82, 2.24) is 10.2 Å². The predicted octanol–water partition coefficient (Wildman–Crippen LogP) is 3.63. The first-order valence-corrected chi connectivity index (χ1v) is 8.32. The van der Waals surface area contributed by atoms with E-state index in [0.29, 0.717) is 28.1 Å². The number of amides is 1. The summed E-state index contributed by atoms with van der Waals surface area (Å²) in [5.41, 5.74) is 0.702. The third kappa shape index (κ3) is 4.56. The Kier molecular flexibility index (Phi) is 5.50. The van der Waals surface area contributed by atoms with Gasteiger partial charge in [0, 0.05) is 28.9 Å². The molecular weight excluding hydrogens is 351 g/mol. The average Bonchev–Trinajstić information content (AvgIpc) is 3.06. The highest BCUT2D eigenvalue weighted by Crippen LogP contribution is 2.22. The van der Waals surface area contributed by atoms with Crippen LogP contribution in [0.3, 0.4) is 0 Å². The van der Waals surface area contributed by atoms with Gasteiger partial charge >= 0.3 is 0 Å². The molecule has 1 unspecified atom stereocenters. The van der Waals surface area contributed by atoms with Crippen LogP contribution >= 0.6 is 23.2 Å². The number of hydrogen-bond donors (Lipinski definition) is 2. The Balaban J connectivity index is 1.58. The Hall–Kier alpha value is -1.89. The number of carbonyl (C=O) groups excluding carboxylic acids is 1. The molecule has 0 aliphatic carbocycles. The van der Waals surface area contributed by atoms with Crippen LogP contribution in [0.4, 0.5) is 11.5 Å². The first-order chi connectivity index (χ1) is 11.6. The number of rotatable bonds is 5. The van der Waals surface area contributed by atoms with Crippen LogP contribution in [0, 0.1) is 0 Å². The lowest BCUT2D eigenvalue weighted by Gasteiger charge is -2.11. The minimum Gasteiger partial charge on any atom is -0.376 e. The molecule has 2 aromatic rings. The number of hydrogen-bond acceptors (Lipinski definition) is 5. The van der Waals surface area contributed by atoms with Gasteiger partial charge in [0.1, 0.15) is 5.82 Å². The van der Waals surface area contributed by atoms with Gasteiger partial charge in [-0.15, -0.1) is 10.2 Å². The van der Waals surface area contributed by atoms with E-state index in [1.807, 2.05) is 0 Å². The standard InChI is InChI=1S/C16H16Cl2N4O2/c17-10-6-11(18)8-12(7-10)20-16(23)14-3-4-15(22-21-14)19-9-13-2-1-5-24-13/h3-4,6-8,13H,1-2,5,9H2,(H,19,22)(H,20,23). The van der Waals surface area contributed by atoms with Gasteiger partial charge in [-0.2, -0.15) is 0 Å². The monoisotopic (exact) mass is 366 g/mol. The van der Waals surface area contributed by atoms with Crippen molar-refractivity contribution in [2.45, 2.75) is 18.9 Å². The molecule has 1 amide bonds. The lowest BCUT2D eigenvalue weighted by atomic mass is 10.2. The number of carbonyl (C=O) groups is 1. The Morgan fingerprint density at radius 3 is 2.62 bits per heavy atom. The van der Waals surface area contributed by atoms with Crippen molar-refractivity contribution >= 4 is 40.6 Å². The molecule has 1 aromatic heterocycles. The summed E-state index contributed by atoms with van der Waals surface area (Å²) in [5.74, 6) is 0.222. The maximum atomic E-state index is 12.2. The zero-order chi connectivity index (χ0) is 16.9. The molecule has 1 aromatic carbocycles. The molecule has 8 heteroatoms. The SMILES string of the molecule is O=C(Nc1cc(Cl)cc(Cl)c1)c1ccc(NCC2CCCO2)nn1. The highest BCUT2D eigenvalue weighted by Gasteiger charge is 2.15. The predicted molar refractivity (Wildman–Crippen MR) is 93.9 cm³/mol. The van der Waals surface area contributed by atoms with Crippen LogP contribution in [0.1, 0.15) is 23.3 Å². The molecule has 2 N–H and O–H groups in total. The van der Waals surface area contributed by atoms with Crippen LogP contribution in [-0.2, 0) is 4.74 Å². The Morgan fingerprint density at radius 2 is 2.00 bits per heavy atom. The number of benzene rings is 1. The van der Waals surface area contributed by atoms with Crippen LogP contribution in [0.5, 0.6) is 0 Å². The third-order valence-corrected chi connectivity index (χ3v) is 3.99. The minimum absolute atomic E-state index is 0.203. The van der Waals surface area contributed by atoms with Crippen LogP contribution in [0.2, 0.25) is 10.0 Å². The fourth-order valence-electron chi connectivity index (χ4n) is 2.39.